The van der Waals surface area contributed by atoms with Crippen LogP contribution in [0.25, 0.3) is 0 Å². The smallest absolute Gasteiger partial charge is 0.229 e. The maximum Gasteiger partial charge on any atom is 0.229 e. The van der Waals surface area contributed by atoms with E-state index in [2.05, 4.69) is 22.4 Å². The SMILES string of the molecule is CCCn1cnnc1[C@@H](C)NC(=O)C1(COC)CCC1. The monoisotopic (exact) mass is 280 g/mol. The van der Waals surface area contributed by atoms with E-state index in [1.807, 2.05) is 11.5 Å². The minimum absolute atomic E-state index is 0.0733. The molecule has 1 aliphatic carbocycles. The fourth-order valence-corrected chi connectivity index (χ4v) is 2.74. The van der Waals surface area contributed by atoms with Crippen molar-refractivity contribution in [1.82, 2.24) is 20.1 Å². The predicted octanol–water partition coefficient (Wildman–Crippen LogP) is 1.68. The van der Waals surface area contributed by atoms with Crippen molar-refractivity contribution in [3.05, 3.63) is 12.2 Å². The Balaban J connectivity index is 2.01. The molecule has 20 heavy (non-hydrogen) atoms. The highest BCUT2D eigenvalue weighted by Crippen LogP contribution is 2.41. The second-order valence-corrected chi connectivity index (χ2v) is 5.64. The number of methoxy groups -OCH3 is 1. The van der Waals surface area contributed by atoms with Gasteiger partial charge in [0, 0.05) is 13.7 Å². The zero-order chi connectivity index (χ0) is 14.6. The lowest BCUT2D eigenvalue weighted by molar-refractivity contribution is -0.141. The highest BCUT2D eigenvalue weighted by molar-refractivity contribution is 5.84. The van der Waals surface area contributed by atoms with E-state index in [4.69, 9.17) is 4.74 Å². The number of carbonyl (C=O) groups is 1. The number of hydrogen-bond donors (Lipinski definition) is 1. The largest absolute Gasteiger partial charge is 0.384 e. The number of nitrogens with zero attached hydrogens (tertiary/aromatic N) is 3. The molecule has 1 saturated carbocycles. The van der Waals surface area contributed by atoms with Gasteiger partial charge in [0.15, 0.2) is 5.82 Å². The average Bonchev–Trinajstić information content (AvgIpc) is 2.82. The van der Waals surface area contributed by atoms with Gasteiger partial charge in [-0.25, -0.2) is 0 Å². The summed E-state index contributed by atoms with van der Waals surface area (Å²) in [6.07, 6.45) is 5.63. The zero-order valence-corrected chi connectivity index (χ0v) is 12.6. The first kappa shape index (κ1) is 15.0. The van der Waals surface area contributed by atoms with E-state index >= 15 is 0 Å². The molecule has 1 amide bonds. The minimum Gasteiger partial charge on any atom is -0.384 e. The van der Waals surface area contributed by atoms with Crippen LogP contribution in [0.3, 0.4) is 0 Å². The van der Waals surface area contributed by atoms with Gasteiger partial charge in [-0.1, -0.05) is 13.3 Å². The van der Waals surface area contributed by atoms with Crippen molar-refractivity contribution in [3.8, 4) is 0 Å². The highest BCUT2D eigenvalue weighted by Gasteiger charge is 2.44. The molecule has 0 radical (unpaired) electrons. The number of aryl methyl sites for hydroxylation is 1. The zero-order valence-electron chi connectivity index (χ0n) is 12.6. The summed E-state index contributed by atoms with van der Waals surface area (Å²) in [7, 11) is 1.65. The number of amides is 1. The molecule has 1 heterocycles. The van der Waals surface area contributed by atoms with Crippen LogP contribution in [0.1, 0.15) is 51.4 Å². The van der Waals surface area contributed by atoms with Crippen LogP contribution in [-0.4, -0.2) is 34.4 Å². The van der Waals surface area contributed by atoms with Crippen LogP contribution in [0, 0.1) is 5.41 Å². The molecule has 1 fully saturated rings. The Morgan fingerprint density at radius 2 is 2.35 bits per heavy atom. The molecule has 6 nitrogen and oxygen atoms in total. The van der Waals surface area contributed by atoms with Gasteiger partial charge >= 0.3 is 0 Å². The Labute approximate surface area is 119 Å². The highest BCUT2D eigenvalue weighted by atomic mass is 16.5. The Bertz CT molecular complexity index is 454. The predicted molar refractivity (Wildman–Crippen MR) is 75.0 cm³/mol. The molecule has 1 aliphatic rings. The van der Waals surface area contributed by atoms with Crippen LogP contribution < -0.4 is 5.32 Å². The fourth-order valence-electron chi connectivity index (χ4n) is 2.74. The van der Waals surface area contributed by atoms with Crippen molar-refractivity contribution in [3.63, 3.8) is 0 Å². The maximum atomic E-state index is 12.5. The van der Waals surface area contributed by atoms with E-state index in [-0.39, 0.29) is 17.4 Å². The van der Waals surface area contributed by atoms with Gasteiger partial charge in [0.05, 0.1) is 18.1 Å². The summed E-state index contributed by atoms with van der Waals surface area (Å²) in [5.74, 6) is 0.885. The first-order valence-electron chi connectivity index (χ1n) is 7.30. The normalized spacial score (nSPS) is 18.4. The molecule has 0 aliphatic heterocycles. The molecular weight excluding hydrogens is 256 g/mol. The van der Waals surface area contributed by atoms with Gasteiger partial charge in [-0.2, -0.15) is 0 Å². The van der Waals surface area contributed by atoms with Crippen LogP contribution in [-0.2, 0) is 16.1 Å². The molecule has 0 unspecified atom stereocenters. The standard InChI is InChI=1S/C14H24N4O2/c1-4-8-18-10-15-17-12(18)11(2)16-13(19)14(9-20-3)6-5-7-14/h10-11H,4-9H2,1-3H3,(H,16,19)/t11-/m1/s1. The second kappa shape index (κ2) is 6.35. The van der Waals surface area contributed by atoms with Crippen LogP contribution >= 0.6 is 0 Å². The van der Waals surface area contributed by atoms with E-state index in [1.165, 1.54) is 0 Å². The van der Waals surface area contributed by atoms with E-state index < -0.39 is 0 Å². The van der Waals surface area contributed by atoms with Gasteiger partial charge in [0.1, 0.15) is 6.33 Å². The molecule has 2 rings (SSSR count). The topological polar surface area (TPSA) is 69.0 Å². The average molecular weight is 280 g/mol. The molecule has 1 aromatic heterocycles. The Hall–Kier alpha value is -1.43. The summed E-state index contributed by atoms with van der Waals surface area (Å²) in [5.41, 5.74) is -0.335. The molecule has 1 aromatic rings. The molecule has 0 aromatic carbocycles. The van der Waals surface area contributed by atoms with Gasteiger partial charge < -0.3 is 14.6 Å². The summed E-state index contributed by atoms with van der Waals surface area (Å²) in [6.45, 7) is 5.42. The summed E-state index contributed by atoms with van der Waals surface area (Å²) >= 11 is 0. The molecule has 0 bridgehead atoms. The lowest BCUT2D eigenvalue weighted by Gasteiger charge is -2.40. The van der Waals surface area contributed by atoms with E-state index in [0.717, 1.165) is 38.1 Å². The van der Waals surface area contributed by atoms with Crippen LogP contribution in [0.5, 0.6) is 0 Å². The van der Waals surface area contributed by atoms with Crippen LogP contribution in [0.2, 0.25) is 0 Å². The maximum absolute atomic E-state index is 12.5. The number of carbonyl (C=O) groups excluding carboxylic acids is 1. The van der Waals surface area contributed by atoms with E-state index in [1.54, 1.807) is 13.4 Å². The van der Waals surface area contributed by atoms with Gasteiger partial charge in [-0.05, 0) is 26.2 Å². The van der Waals surface area contributed by atoms with E-state index in [9.17, 15) is 4.79 Å². The third-order valence-corrected chi connectivity index (χ3v) is 4.06. The molecule has 112 valence electrons. The first-order chi connectivity index (χ1) is 9.63. The van der Waals surface area contributed by atoms with Crippen molar-refractivity contribution in [1.29, 1.82) is 0 Å². The van der Waals surface area contributed by atoms with Gasteiger partial charge in [-0.15, -0.1) is 10.2 Å². The lowest BCUT2D eigenvalue weighted by Crippen LogP contribution is -2.49. The van der Waals surface area contributed by atoms with Gasteiger partial charge in [0.2, 0.25) is 5.91 Å². The lowest BCUT2D eigenvalue weighted by atomic mass is 9.68. The Morgan fingerprint density at radius 3 is 2.90 bits per heavy atom. The van der Waals surface area contributed by atoms with Crippen molar-refractivity contribution < 1.29 is 9.53 Å². The van der Waals surface area contributed by atoms with E-state index in [0.29, 0.717) is 6.61 Å². The number of nitrogens with one attached hydrogen (secondary N) is 1. The third kappa shape index (κ3) is 2.85. The van der Waals surface area contributed by atoms with Crippen LogP contribution in [0.4, 0.5) is 0 Å². The molecule has 1 N–H and O–H groups in total. The summed E-state index contributed by atoms with van der Waals surface area (Å²) in [4.78, 5) is 12.5. The van der Waals surface area contributed by atoms with Crippen molar-refractivity contribution in [2.45, 2.75) is 52.1 Å². The fraction of sp³-hybridized carbons (Fsp3) is 0.786. The molecule has 0 spiro atoms. The summed E-state index contributed by atoms with van der Waals surface area (Å²) in [6, 6.07) is -0.133. The van der Waals surface area contributed by atoms with Crippen LogP contribution in [0.15, 0.2) is 6.33 Å². The van der Waals surface area contributed by atoms with Crippen molar-refractivity contribution in [2.24, 2.45) is 5.41 Å². The number of rotatable bonds is 7. The van der Waals surface area contributed by atoms with Gasteiger partial charge in [-0.3, -0.25) is 4.79 Å². The van der Waals surface area contributed by atoms with Crippen molar-refractivity contribution in [2.75, 3.05) is 13.7 Å². The molecule has 6 heteroatoms. The summed E-state index contributed by atoms with van der Waals surface area (Å²) < 4.78 is 7.21. The molecular formula is C14H24N4O2. The Morgan fingerprint density at radius 1 is 1.60 bits per heavy atom. The van der Waals surface area contributed by atoms with Crippen molar-refractivity contribution >= 4 is 5.91 Å². The number of ether oxygens (including phenoxy) is 1. The molecule has 1 atom stereocenters. The minimum atomic E-state index is -0.335. The Kier molecular flexibility index (Phi) is 4.75. The number of aromatic nitrogens is 3. The molecule has 0 saturated heterocycles. The third-order valence-electron chi connectivity index (χ3n) is 4.06. The first-order valence-corrected chi connectivity index (χ1v) is 7.30. The summed E-state index contributed by atoms with van der Waals surface area (Å²) in [5, 5.41) is 11.1. The second-order valence-electron chi connectivity index (χ2n) is 5.64. The number of hydrogen-bond acceptors (Lipinski definition) is 4. The quantitative estimate of drug-likeness (QED) is 0.825. The van der Waals surface area contributed by atoms with Gasteiger partial charge in [0.25, 0.3) is 0 Å².